The number of nitrogens with one attached hydrogen (secondary N) is 1. The molecule has 0 bridgehead atoms. The summed E-state index contributed by atoms with van der Waals surface area (Å²) in [7, 11) is 1.64. The summed E-state index contributed by atoms with van der Waals surface area (Å²) in [5, 5.41) is 15.7. The summed E-state index contributed by atoms with van der Waals surface area (Å²) in [4.78, 5) is 26.3. The van der Waals surface area contributed by atoms with E-state index in [1.54, 1.807) is 19.4 Å². The SMILES string of the molecule is COc1ccc(-c2ccc(N3CCC(C(=O)NCCn4ncccc4=O)CC3)nn2)cc1. The lowest BCUT2D eigenvalue weighted by atomic mass is 9.96. The fourth-order valence-corrected chi connectivity index (χ4v) is 3.76. The van der Waals surface area contributed by atoms with Gasteiger partial charge >= 0.3 is 0 Å². The van der Waals surface area contributed by atoms with Gasteiger partial charge in [-0.15, -0.1) is 10.2 Å². The first kappa shape index (κ1) is 21.5. The Kier molecular flexibility index (Phi) is 6.74. The second-order valence-electron chi connectivity index (χ2n) is 7.64. The summed E-state index contributed by atoms with van der Waals surface area (Å²) in [6.07, 6.45) is 3.06. The molecule has 1 fully saturated rings. The summed E-state index contributed by atoms with van der Waals surface area (Å²) in [6, 6.07) is 14.7. The van der Waals surface area contributed by atoms with Gasteiger partial charge in [0.05, 0.1) is 19.3 Å². The molecule has 9 nitrogen and oxygen atoms in total. The lowest BCUT2D eigenvalue weighted by Crippen LogP contribution is -2.42. The van der Waals surface area contributed by atoms with Crippen molar-refractivity contribution in [2.45, 2.75) is 19.4 Å². The van der Waals surface area contributed by atoms with Crippen molar-refractivity contribution in [3.05, 3.63) is 65.1 Å². The number of ether oxygens (including phenoxy) is 1. The number of benzene rings is 1. The molecule has 3 heterocycles. The fraction of sp³-hybridized carbons (Fsp3) is 0.348. The van der Waals surface area contributed by atoms with Crippen LogP contribution in [-0.4, -0.2) is 52.6 Å². The smallest absolute Gasteiger partial charge is 0.266 e. The van der Waals surface area contributed by atoms with Crippen LogP contribution in [0.2, 0.25) is 0 Å². The number of hydrogen-bond acceptors (Lipinski definition) is 7. The molecular formula is C23H26N6O3. The Morgan fingerprint density at radius 1 is 1.09 bits per heavy atom. The van der Waals surface area contributed by atoms with Crippen molar-refractivity contribution in [3.8, 4) is 17.0 Å². The average Bonchev–Trinajstić information content (AvgIpc) is 2.85. The van der Waals surface area contributed by atoms with E-state index in [9.17, 15) is 9.59 Å². The Labute approximate surface area is 186 Å². The maximum atomic E-state index is 12.5. The minimum absolute atomic E-state index is 0.0227. The summed E-state index contributed by atoms with van der Waals surface area (Å²) in [6.45, 7) is 2.23. The van der Waals surface area contributed by atoms with Crippen molar-refractivity contribution in [2.75, 3.05) is 31.6 Å². The minimum atomic E-state index is -0.172. The van der Waals surface area contributed by atoms with Crippen molar-refractivity contribution < 1.29 is 9.53 Å². The molecule has 2 aromatic heterocycles. The number of amides is 1. The van der Waals surface area contributed by atoms with Crippen LogP contribution < -0.4 is 20.5 Å². The molecule has 9 heteroatoms. The molecule has 0 aliphatic carbocycles. The molecule has 4 rings (SSSR count). The zero-order valence-electron chi connectivity index (χ0n) is 18.0. The van der Waals surface area contributed by atoms with Gasteiger partial charge in [0, 0.05) is 43.4 Å². The second-order valence-corrected chi connectivity index (χ2v) is 7.64. The highest BCUT2D eigenvalue weighted by atomic mass is 16.5. The maximum absolute atomic E-state index is 12.5. The van der Waals surface area contributed by atoms with Gasteiger partial charge in [-0.25, -0.2) is 4.68 Å². The number of methoxy groups -OCH3 is 1. The largest absolute Gasteiger partial charge is 0.497 e. The first-order valence-corrected chi connectivity index (χ1v) is 10.7. The van der Waals surface area contributed by atoms with Gasteiger partial charge in [0.25, 0.3) is 5.56 Å². The third kappa shape index (κ3) is 5.11. The van der Waals surface area contributed by atoms with E-state index < -0.39 is 0 Å². The molecule has 1 amide bonds. The molecule has 1 saturated heterocycles. The van der Waals surface area contributed by atoms with Crippen molar-refractivity contribution in [1.29, 1.82) is 0 Å². The van der Waals surface area contributed by atoms with Crippen LogP contribution in [0.15, 0.2) is 59.5 Å². The Morgan fingerprint density at radius 3 is 2.53 bits per heavy atom. The molecule has 1 aliphatic heterocycles. The number of anilines is 1. The van der Waals surface area contributed by atoms with Gasteiger partial charge in [0.15, 0.2) is 5.82 Å². The highest BCUT2D eigenvalue weighted by Gasteiger charge is 2.25. The topological polar surface area (TPSA) is 102 Å². The third-order valence-electron chi connectivity index (χ3n) is 5.63. The van der Waals surface area contributed by atoms with E-state index in [2.05, 4.69) is 25.5 Å². The van der Waals surface area contributed by atoms with Gasteiger partial charge in [0.2, 0.25) is 5.91 Å². The number of carbonyl (C=O) groups excluding carboxylic acids is 1. The average molecular weight is 435 g/mol. The zero-order valence-corrected chi connectivity index (χ0v) is 18.0. The monoisotopic (exact) mass is 434 g/mol. The first-order chi connectivity index (χ1) is 15.6. The molecule has 166 valence electrons. The van der Waals surface area contributed by atoms with Crippen LogP contribution >= 0.6 is 0 Å². The van der Waals surface area contributed by atoms with Crippen LogP contribution in [0.3, 0.4) is 0 Å². The predicted molar refractivity (Wildman–Crippen MR) is 120 cm³/mol. The van der Waals surface area contributed by atoms with Crippen LogP contribution in [0.1, 0.15) is 12.8 Å². The minimum Gasteiger partial charge on any atom is -0.497 e. The first-order valence-electron chi connectivity index (χ1n) is 10.7. The highest BCUT2D eigenvalue weighted by Crippen LogP contribution is 2.24. The number of rotatable bonds is 7. The number of nitrogens with zero attached hydrogens (tertiary/aromatic N) is 5. The summed E-state index contributed by atoms with van der Waals surface area (Å²) in [5.41, 5.74) is 1.61. The number of aromatic nitrogens is 4. The molecule has 0 radical (unpaired) electrons. The Balaban J connectivity index is 1.26. The van der Waals surface area contributed by atoms with Gasteiger partial charge in [0.1, 0.15) is 5.75 Å². The molecule has 0 spiro atoms. The Morgan fingerprint density at radius 2 is 1.88 bits per heavy atom. The summed E-state index contributed by atoms with van der Waals surface area (Å²) < 4.78 is 6.53. The van der Waals surface area contributed by atoms with E-state index in [0.717, 1.165) is 48.8 Å². The van der Waals surface area contributed by atoms with Crippen LogP contribution in [0.25, 0.3) is 11.3 Å². The molecule has 0 atom stereocenters. The number of carbonyl (C=O) groups is 1. The third-order valence-corrected chi connectivity index (χ3v) is 5.63. The summed E-state index contributed by atoms with van der Waals surface area (Å²) in [5.74, 6) is 1.60. The Hall–Kier alpha value is -3.75. The molecular weight excluding hydrogens is 408 g/mol. The van der Waals surface area contributed by atoms with Crippen LogP contribution in [0.4, 0.5) is 5.82 Å². The number of piperidine rings is 1. The molecule has 3 aromatic rings. The van der Waals surface area contributed by atoms with Gasteiger partial charge < -0.3 is 15.0 Å². The van der Waals surface area contributed by atoms with Crippen LogP contribution in [-0.2, 0) is 11.3 Å². The van der Waals surface area contributed by atoms with Gasteiger partial charge in [-0.3, -0.25) is 9.59 Å². The molecule has 1 N–H and O–H groups in total. The van der Waals surface area contributed by atoms with Crippen molar-refractivity contribution >= 4 is 11.7 Å². The molecule has 0 saturated carbocycles. The van der Waals surface area contributed by atoms with Gasteiger partial charge in [-0.2, -0.15) is 5.10 Å². The van der Waals surface area contributed by atoms with E-state index in [1.165, 1.54) is 10.7 Å². The Bertz CT molecular complexity index is 1090. The molecule has 1 aromatic carbocycles. The second kappa shape index (κ2) is 10.0. The fourth-order valence-electron chi connectivity index (χ4n) is 3.76. The van der Waals surface area contributed by atoms with Gasteiger partial charge in [-0.05, 0) is 55.3 Å². The van der Waals surface area contributed by atoms with E-state index in [1.807, 2.05) is 36.4 Å². The predicted octanol–water partition coefficient (Wildman–Crippen LogP) is 1.74. The quantitative estimate of drug-likeness (QED) is 0.604. The van der Waals surface area contributed by atoms with Gasteiger partial charge in [-0.1, -0.05) is 0 Å². The van der Waals surface area contributed by atoms with Crippen molar-refractivity contribution in [1.82, 2.24) is 25.3 Å². The van der Waals surface area contributed by atoms with Crippen molar-refractivity contribution in [3.63, 3.8) is 0 Å². The zero-order chi connectivity index (χ0) is 22.3. The van der Waals surface area contributed by atoms with Crippen molar-refractivity contribution in [2.24, 2.45) is 5.92 Å². The highest BCUT2D eigenvalue weighted by molar-refractivity contribution is 5.78. The van der Waals surface area contributed by atoms with E-state index in [-0.39, 0.29) is 17.4 Å². The van der Waals surface area contributed by atoms with E-state index >= 15 is 0 Å². The molecule has 32 heavy (non-hydrogen) atoms. The summed E-state index contributed by atoms with van der Waals surface area (Å²) >= 11 is 0. The molecule has 1 aliphatic rings. The lowest BCUT2D eigenvalue weighted by Gasteiger charge is -2.31. The number of hydrogen-bond donors (Lipinski definition) is 1. The maximum Gasteiger partial charge on any atom is 0.266 e. The lowest BCUT2D eigenvalue weighted by molar-refractivity contribution is -0.125. The van der Waals surface area contributed by atoms with E-state index in [0.29, 0.717) is 13.1 Å². The molecule has 0 unspecified atom stereocenters. The normalized spacial score (nSPS) is 14.2. The standard InChI is InChI=1S/C23H26N6O3/c1-32-19-6-4-17(5-7-19)20-8-9-21(27-26-20)28-14-10-18(11-15-28)23(31)24-13-16-29-22(30)3-2-12-25-29/h2-9,12,18H,10-11,13-16H2,1H3,(H,24,31). The van der Waals surface area contributed by atoms with Crippen LogP contribution in [0.5, 0.6) is 5.75 Å². The van der Waals surface area contributed by atoms with Crippen LogP contribution in [0, 0.1) is 5.92 Å². The van der Waals surface area contributed by atoms with E-state index in [4.69, 9.17) is 4.74 Å².